The lowest BCUT2D eigenvalue weighted by Gasteiger charge is -2.37. The Morgan fingerprint density at radius 2 is 1.66 bits per heavy atom. The summed E-state index contributed by atoms with van der Waals surface area (Å²) in [5, 5.41) is 0. The summed E-state index contributed by atoms with van der Waals surface area (Å²) < 4.78 is 82.6. The van der Waals surface area contributed by atoms with E-state index in [0.717, 1.165) is 36.8 Å². The fourth-order valence-electron chi connectivity index (χ4n) is 4.58. The van der Waals surface area contributed by atoms with E-state index in [2.05, 4.69) is 0 Å². The summed E-state index contributed by atoms with van der Waals surface area (Å²) >= 11 is 0. The molecule has 0 saturated carbocycles. The lowest BCUT2D eigenvalue weighted by atomic mass is 9.88. The molecule has 0 N–H and O–H groups in total. The number of ether oxygens (including phenoxy) is 1. The number of sulfone groups is 1. The van der Waals surface area contributed by atoms with E-state index >= 15 is 0 Å². The topological polar surface area (TPSA) is 66.9 Å². The van der Waals surface area contributed by atoms with Gasteiger partial charge in [0.2, 0.25) is 0 Å². The first kappa shape index (κ1) is 25.4. The van der Waals surface area contributed by atoms with Gasteiger partial charge in [0.25, 0.3) is 5.91 Å². The van der Waals surface area contributed by atoms with Gasteiger partial charge in [0.1, 0.15) is 5.82 Å². The number of carbonyl (C=O) groups excluding carboxylic acids is 1. The number of carbonyl (C=O) groups is 1. The molecule has 2 aliphatic rings. The third-order valence-corrected chi connectivity index (χ3v) is 7.64. The Hall–Kier alpha value is -2.66. The minimum atomic E-state index is -4.63. The molecule has 2 aromatic carbocycles. The monoisotopic (exact) mass is 514 g/mol. The minimum absolute atomic E-state index is 0.0482. The second-order valence-electron chi connectivity index (χ2n) is 8.85. The van der Waals surface area contributed by atoms with E-state index in [1.807, 2.05) is 0 Å². The van der Waals surface area contributed by atoms with Crippen molar-refractivity contribution in [2.45, 2.75) is 29.8 Å². The summed E-state index contributed by atoms with van der Waals surface area (Å²) in [5.41, 5.74) is 0.0990. The molecule has 4 rings (SSSR count). The molecule has 11 heteroatoms. The number of piperazine rings is 1. The van der Waals surface area contributed by atoms with Gasteiger partial charge in [0.05, 0.1) is 16.1 Å². The first-order valence-corrected chi connectivity index (χ1v) is 13.2. The Morgan fingerprint density at radius 3 is 2.23 bits per heavy atom. The zero-order valence-corrected chi connectivity index (χ0v) is 20.0. The molecule has 190 valence electrons. The molecule has 0 spiro atoms. The van der Waals surface area contributed by atoms with Crippen LogP contribution in [-0.2, 0) is 20.8 Å². The maximum atomic E-state index is 14.4. The van der Waals surface area contributed by atoms with E-state index in [9.17, 15) is 30.8 Å². The number of alkyl halides is 3. The molecule has 2 heterocycles. The average Bonchev–Trinajstić information content (AvgIpc) is 2.83. The molecule has 0 aromatic heterocycles. The van der Waals surface area contributed by atoms with Crippen molar-refractivity contribution in [2.75, 3.05) is 50.5 Å². The fourth-order valence-corrected chi connectivity index (χ4v) is 5.22. The van der Waals surface area contributed by atoms with E-state index in [1.54, 1.807) is 15.9 Å². The van der Waals surface area contributed by atoms with Gasteiger partial charge >= 0.3 is 6.18 Å². The van der Waals surface area contributed by atoms with Crippen LogP contribution in [0.25, 0.3) is 0 Å². The van der Waals surface area contributed by atoms with Crippen molar-refractivity contribution < 1.29 is 35.5 Å². The third-order valence-electron chi connectivity index (χ3n) is 6.53. The van der Waals surface area contributed by atoms with Gasteiger partial charge in [-0.1, -0.05) is 6.07 Å². The molecule has 2 aromatic rings. The highest BCUT2D eigenvalue weighted by molar-refractivity contribution is 7.90. The highest BCUT2D eigenvalue weighted by atomic mass is 32.2. The fraction of sp³-hybridized carbons (Fsp3) is 0.458. The van der Waals surface area contributed by atoms with Crippen LogP contribution in [0.15, 0.2) is 41.3 Å². The maximum Gasteiger partial charge on any atom is 0.416 e. The SMILES string of the molecule is CS(=O)(=O)c1ccc(C2CCOCC2)c(C(=O)N2CCN(c3ccc(C(F)(F)F)cc3F)CC2)c1. The molecule has 2 fully saturated rings. The van der Waals surface area contributed by atoms with Crippen molar-refractivity contribution in [1.29, 1.82) is 0 Å². The molecule has 1 amide bonds. The van der Waals surface area contributed by atoms with Crippen molar-refractivity contribution >= 4 is 21.4 Å². The number of hydrogen-bond acceptors (Lipinski definition) is 5. The maximum absolute atomic E-state index is 14.4. The molecule has 2 aliphatic heterocycles. The van der Waals surface area contributed by atoms with Crippen LogP contribution in [0, 0.1) is 5.82 Å². The minimum Gasteiger partial charge on any atom is -0.381 e. The molecule has 0 aliphatic carbocycles. The van der Waals surface area contributed by atoms with Gasteiger partial charge in [0.15, 0.2) is 9.84 Å². The number of amides is 1. The Bertz CT molecular complexity index is 1200. The Morgan fingerprint density at radius 1 is 1.00 bits per heavy atom. The number of halogens is 4. The Balaban J connectivity index is 1.54. The van der Waals surface area contributed by atoms with Crippen LogP contribution >= 0.6 is 0 Å². The van der Waals surface area contributed by atoms with E-state index in [0.29, 0.717) is 24.8 Å². The lowest BCUT2D eigenvalue weighted by Crippen LogP contribution is -2.49. The third kappa shape index (κ3) is 5.61. The standard InChI is InChI=1S/C24H26F4N2O4S/c1-35(32,33)18-3-4-19(16-6-12-34-13-7-16)20(15-18)23(31)30-10-8-29(9-11-30)22-5-2-17(14-21(22)25)24(26,27)28/h2-5,14-16H,6-13H2,1H3. The van der Waals surface area contributed by atoms with Crippen molar-refractivity contribution in [3.8, 4) is 0 Å². The van der Waals surface area contributed by atoms with Crippen molar-refractivity contribution in [1.82, 2.24) is 4.90 Å². The van der Waals surface area contributed by atoms with Gasteiger partial charge < -0.3 is 14.5 Å². The first-order chi connectivity index (χ1) is 16.4. The van der Waals surface area contributed by atoms with Gasteiger partial charge in [-0.25, -0.2) is 12.8 Å². The van der Waals surface area contributed by atoms with Crippen LogP contribution < -0.4 is 4.90 Å². The summed E-state index contributed by atoms with van der Waals surface area (Å²) in [6.07, 6.45) is -2.10. The molecule has 2 saturated heterocycles. The normalized spacial score (nSPS) is 18.1. The van der Waals surface area contributed by atoms with Crippen LogP contribution in [0.3, 0.4) is 0 Å². The second kappa shape index (κ2) is 9.77. The number of nitrogens with zero attached hydrogens (tertiary/aromatic N) is 2. The predicted octanol–water partition coefficient (Wildman–Crippen LogP) is 4.10. The van der Waals surface area contributed by atoms with Crippen LogP contribution in [0.2, 0.25) is 0 Å². The number of hydrogen-bond donors (Lipinski definition) is 0. The van der Waals surface area contributed by atoms with Gasteiger partial charge in [0, 0.05) is 51.2 Å². The summed E-state index contributed by atoms with van der Waals surface area (Å²) in [4.78, 5) is 16.7. The summed E-state index contributed by atoms with van der Waals surface area (Å²) in [6, 6.07) is 7.06. The van der Waals surface area contributed by atoms with Crippen LogP contribution in [0.5, 0.6) is 0 Å². The van der Waals surface area contributed by atoms with E-state index < -0.39 is 27.4 Å². The first-order valence-electron chi connectivity index (χ1n) is 11.3. The van der Waals surface area contributed by atoms with Crippen LogP contribution in [-0.4, -0.2) is 64.9 Å². The van der Waals surface area contributed by atoms with Crippen molar-refractivity contribution in [3.63, 3.8) is 0 Å². The largest absolute Gasteiger partial charge is 0.416 e. The van der Waals surface area contributed by atoms with Crippen LogP contribution in [0.1, 0.15) is 40.2 Å². The quantitative estimate of drug-likeness (QED) is 0.575. The number of rotatable bonds is 4. The Kier molecular flexibility index (Phi) is 7.10. The highest BCUT2D eigenvalue weighted by Crippen LogP contribution is 2.34. The predicted molar refractivity (Wildman–Crippen MR) is 122 cm³/mol. The molecule has 0 radical (unpaired) electrons. The summed E-state index contributed by atoms with van der Waals surface area (Å²) in [6.45, 7) is 2.01. The lowest BCUT2D eigenvalue weighted by molar-refractivity contribution is -0.137. The molecular weight excluding hydrogens is 488 g/mol. The van der Waals surface area contributed by atoms with Crippen LogP contribution in [0.4, 0.5) is 23.2 Å². The van der Waals surface area contributed by atoms with Crippen molar-refractivity contribution in [3.05, 3.63) is 58.9 Å². The highest BCUT2D eigenvalue weighted by Gasteiger charge is 2.33. The summed E-state index contributed by atoms with van der Waals surface area (Å²) in [7, 11) is -3.53. The van der Waals surface area contributed by atoms with E-state index in [-0.39, 0.29) is 48.6 Å². The smallest absolute Gasteiger partial charge is 0.381 e. The van der Waals surface area contributed by atoms with E-state index in [4.69, 9.17) is 4.74 Å². The van der Waals surface area contributed by atoms with Gasteiger partial charge in [-0.2, -0.15) is 13.2 Å². The average molecular weight is 515 g/mol. The van der Waals surface area contributed by atoms with Gasteiger partial charge in [-0.05, 0) is 54.7 Å². The zero-order chi connectivity index (χ0) is 25.4. The molecule has 0 unspecified atom stereocenters. The zero-order valence-electron chi connectivity index (χ0n) is 19.1. The number of anilines is 1. The number of benzene rings is 2. The molecule has 0 atom stereocenters. The van der Waals surface area contributed by atoms with Gasteiger partial charge in [-0.15, -0.1) is 0 Å². The molecular formula is C24H26F4N2O4S. The van der Waals surface area contributed by atoms with E-state index in [1.165, 1.54) is 12.1 Å². The Labute approximate surface area is 201 Å². The summed E-state index contributed by atoms with van der Waals surface area (Å²) in [5.74, 6) is -1.22. The molecule has 6 nitrogen and oxygen atoms in total. The second-order valence-corrected chi connectivity index (χ2v) is 10.9. The molecule has 35 heavy (non-hydrogen) atoms. The molecule has 0 bridgehead atoms. The van der Waals surface area contributed by atoms with Gasteiger partial charge in [-0.3, -0.25) is 4.79 Å². The van der Waals surface area contributed by atoms with Crippen molar-refractivity contribution in [2.24, 2.45) is 0 Å².